The van der Waals surface area contributed by atoms with E-state index in [0.717, 1.165) is 11.9 Å². The van der Waals surface area contributed by atoms with Crippen LogP contribution in [0, 0.1) is 11.3 Å². The lowest BCUT2D eigenvalue weighted by molar-refractivity contribution is -0.148. The van der Waals surface area contributed by atoms with E-state index in [0.29, 0.717) is 5.69 Å². The van der Waals surface area contributed by atoms with E-state index < -0.39 is 29.7 Å². The molecule has 10 heteroatoms. The van der Waals surface area contributed by atoms with E-state index >= 15 is 0 Å². The molecule has 2 heterocycles. The molecule has 1 saturated heterocycles. The topological polar surface area (TPSA) is 163 Å². The molecular formula is C22H23N5O5. The van der Waals surface area contributed by atoms with Crippen LogP contribution in [0.5, 0.6) is 0 Å². The molecule has 0 unspecified atom stereocenters. The summed E-state index contributed by atoms with van der Waals surface area (Å²) in [6.07, 6.45) is -0.662. The van der Waals surface area contributed by atoms with Crippen molar-refractivity contribution in [2.24, 2.45) is 15.7 Å². The van der Waals surface area contributed by atoms with Crippen LogP contribution >= 0.6 is 0 Å². The van der Waals surface area contributed by atoms with Crippen LogP contribution in [-0.4, -0.2) is 53.0 Å². The molecule has 0 bridgehead atoms. The molecule has 0 radical (unpaired) electrons. The Morgan fingerprint density at radius 3 is 2.78 bits per heavy atom. The lowest BCUT2D eigenvalue weighted by Gasteiger charge is -2.23. The molecule has 3 rings (SSSR count). The number of nitrogens with two attached hydrogens (primary N) is 1. The number of aliphatic hydroxyl groups is 1. The van der Waals surface area contributed by atoms with Crippen molar-refractivity contribution in [2.45, 2.75) is 37.6 Å². The highest BCUT2D eigenvalue weighted by atomic mass is 16.6. The second-order valence-corrected chi connectivity index (χ2v) is 7.20. The fourth-order valence-corrected chi connectivity index (χ4v) is 3.43. The van der Waals surface area contributed by atoms with E-state index in [2.05, 4.69) is 15.0 Å². The van der Waals surface area contributed by atoms with Crippen LogP contribution in [0.3, 0.4) is 0 Å². The number of carbonyl (C=O) groups excluding carboxylic acids is 2. The second kappa shape index (κ2) is 10.00. The van der Waals surface area contributed by atoms with Gasteiger partial charge >= 0.3 is 5.97 Å². The monoisotopic (exact) mass is 437 g/mol. The van der Waals surface area contributed by atoms with Gasteiger partial charge in [-0.05, 0) is 17.7 Å². The summed E-state index contributed by atoms with van der Waals surface area (Å²) in [6, 6.07) is 14.2. The third-order valence-electron chi connectivity index (χ3n) is 4.88. The fourth-order valence-electron chi connectivity index (χ4n) is 3.43. The highest BCUT2D eigenvalue weighted by Crippen LogP contribution is 2.39. The van der Waals surface area contributed by atoms with Gasteiger partial charge in [0.1, 0.15) is 18.8 Å². The third-order valence-corrected chi connectivity index (χ3v) is 4.88. The number of hydrogen-bond acceptors (Lipinski definition) is 6. The molecule has 1 fully saturated rings. The van der Waals surface area contributed by atoms with Crippen molar-refractivity contribution in [2.75, 3.05) is 6.61 Å². The van der Waals surface area contributed by atoms with Crippen molar-refractivity contribution in [3.05, 3.63) is 59.4 Å². The predicted octanol–water partition coefficient (Wildman–Crippen LogP) is 0.949. The number of aliphatic imine (C=N–C) groups is 2. The average molecular weight is 437 g/mol. The number of carbonyl (C=O) groups is 2. The first kappa shape index (κ1) is 22.9. The minimum atomic E-state index is -1.71. The van der Waals surface area contributed by atoms with Crippen LogP contribution < -0.4 is 5.73 Å². The number of hydrogen-bond donors (Lipinski definition) is 3. The van der Waals surface area contributed by atoms with Crippen LogP contribution in [0.2, 0.25) is 0 Å². The normalized spacial score (nSPS) is 23.2. The first-order valence-corrected chi connectivity index (χ1v) is 9.88. The number of amidine groups is 1. The number of H-pyrrole nitrogens is 1. The number of nitriles is 1. The summed E-state index contributed by atoms with van der Waals surface area (Å²) in [6.45, 7) is 1.16. The van der Waals surface area contributed by atoms with Gasteiger partial charge in [-0.1, -0.05) is 30.3 Å². The molecule has 1 aliphatic rings. The number of amides is 1. The number of rotatable bonds is 6. The lowest BCUT2D eigenvalue weighted by Crippen LogP contribution is -2.35. The minimum absolute atomic E-state index is 0.0261. The summed E-state index contributed by atoms with van der Waals surface area (Å²) < 4.78 is 11.1. The standard InChI is InChI=1S/C22H23N5O5/c1-14(28)26-21(25-13-24)17-7-8-18(27-17)22(12-23)19(29)10-16(32-22)11-31-20(30)9-15-5-3-2-4-6-15/h2-8,13,16,19,27,29H,9-11H2,1H3,(H2,24,25,26,28)/t16-,19+,22-/m0/s1. The molecule has 0 spiro atoms. The Bertz CT molecular complexity index is 1070. The van der Waals surface area contributed by atoms with Gasteiger partial charge in [0, 0.05) is 13.3 Å². The Balaban J connectivity index is 1.70. The highest BCUT2D eigenvalue weighted by Gasteiger charge is 2.51. The second-order valence-electron chi connectivity index (χ2n) is 7.20. The van der Waals surface area contributed by atoms with E-state index in [9.17, 15) is 20.0 Å². The maximum Gasteiger partial charge on any atom is 0.310 e. The Labute approximate surface area is 184 Å². The first-order chi connectivity index (χ1) is 15.4. The van der Waals surface area contributed by atoms with Crippen LogP contribution in [0.4, 0.5) is 0 Å². The Morgan fingerprint density at radius 2 is 2.12 bits per heavy atom. The zero-order valence-corrected chi connectivity index (χ0v) is 17.4. The van der Waals surface area contributed by atoms with Crippen LogP contribution in [0.1, 0.15) is 30.3 Å². The molecule has 10 nitrogen and oxygen atoms in total. The summed E-state index contributed by atoms with van der Waals surface area (Å²) >= 11 is 0. The van der Waals surface area contributed by atoms with Gasteiger partial charge in [-0.2, -0.15) is 10.3 Å². The number of nitrogens with zero attached hydrogens (tertiary/aromatic N) is 3. The summed E-state index contributed by atoms with van der Waals surface area (Å²) in [5.74, 6) is -0.889. The van der Waals surface area contributed by atoms with Crippen molar-refractivity contribution in [3.8, 4) is 6.07 Å². The van der Waals surface area contributed by atoms with Gasteiger partial charge in [0.25, 0.3) is 0 Å². The Kier molecular flexibility index (Phi) is 7.14. The van der Waals surface area contributed by atoms with Gasteiger partial charge in [0.2, 0.25) is 11.5 Å². The number of aliphatic hydroxyl groups excluding tert-OH is 1. The lowest BCUT2D eigenvalue weighted by atomic mass is 9.94. The molecule has 32 heavy (non-hydrogen) atoms. The number of aromatic nitrogens is 1. The average Bonchev–Trinajstić information content (AvgIpc) is 3.38. The number of esters is 1. The van der Waals surface area contributed by atoms with Gasteiger partial charge < -0.3 is 25.3 Å². The number of ether oxygens (including phenoxy) is 2. The zero-order valence-electron chi connectivity index (χ0n) is 17.4. The molecule has 166 valence electrons. The molecule has 2 aromatic rings. The van der Waals surface area contributed by atoms with E-state index in [1.165, 1.54) is 13.0 Å². The molecule has 3 atom stereocenters. The first-order valence-electron chi connectivity index (χ1n) is 9.88. The SMILES string of the molecule is CC(=O)N=C(N=CN)c1ccc([C@]2(C#N)O[C@H](COC(=O)Cc3ccccc3)C[C@H]2O)[nH]1. The van der Waals surface area contributed by atoms with Gasteiger partial charge in [0.15, 0.2) is 5.84 Å². The Morgan fingerprint density at radius 1 is 1.38 bits per heavy atom. The summed E-state index contributed by atoms with van der Waals surface area (Å²) in [5, 5.41) is 20.4. The number of benzene rings is 1. The largest absolute Gasteiger partial charge is 0.463 e. The van der Waals surface area contributed by atoms with Crippen molar-refractivity contribution in [1.29, 1.82) is 5.26 Å². The highest BCUT2D eigenvalue weighted by molar-refractivity contribution is 6.06. The molecule has 0 aliphatic carbocycles. The van der Waals surface area contributed by atoms with Gasteiger partial charge in [-0.25, -0.2) is 4.99 Å². The van der Waals surface area contributed by atoms with E-state index in [1.54, 1.807) is 6.07 Å². The fraction of sp³-hybridized carbons (Fsp3) is 0.318. The smallest absolute Gasteiger partial charge is 0.310 e. The summed E-state index contributed by atoms with van der Waals surface area (Å²) in [4.78, 5) is 34.0. The minimum Gasteiger partial charge on any atom is -0.463 e. The molecule has 1 aliphatic heterocycles. The number of aromatic amines is 1. The number of nitrogens with one attached hydrogen (secondary N) is 1. The maximum absolute atomic E-state index is 12.1. The predicted molar refractivity (Wildman–Crippen MR) is 115 cm³/mol. The quantitative estimate of drug-likeness (QED) is 0.344. The van der Waals surface area contributed by atoms with E-state index in [1.807, 2.05) is 36.4 Å². The molecule has 1 aromatic carbocycles. The zero-order chi connectivity index (χ0) is 23.1. The molecule has 1 amide bonds. The molecule has 0 saturated carbocycles. The maximum atomic E-state index is 12.1. The molecule has 4 N–H and O–H groups in total. The third kappa shape index (κ3) is 5.08. The van der Waals surface area contributed by atoms with Crippen molar-refractivity contribution < 1.29 is 24.2 Å². The van der Waals surface area contributed by atoms with Gasteiger partial charge in [-0.15, -0.1) is 0 Å². The molecular weight excluding hydrogens is 414 g/mol. The van der Waals surface area contributed by atoms with Crippen LogP contribution in [0.25, 0.3) is 0 Å². The van der Waals surface area contributed by atoms with Crippen LogP contribution in [0.15, 0.2) is 52.4 Å². The Hall–Kier alpha value is -3.81. The van der Waals surface area contributed by atoms with Gasteiger partial charge in [-0.3, -0.25) is 9.59 Å². The van der Waals surface area contributed by atoms with Crippen LogP contribution in [-0.2, 0) is 31.1 Å². The summed E-state index contributed by atoms with van der Waals surface area (Å²) in [7, 11) is 0. The van der Waals surface area contributed by atoms with Gasteiger partial charge in [0.05, 0.1) is 30.3 Å². The molecule has 1 aromatic heterocycles. The van der Waals surface area contributed by atoms with E-state index in [-0.39, 0.29) is 31.0 Å². The van der Waals surface area contributed by atoms with Crippen molar-refractivity contribution in [3.63, 3.8) is 0 Å². The van der Waals surface area contributed by atoms with E-state index in [4.69, 9.17) is 15.2 Å². The summed E-state index contributed by atoms with van der Waals surface area (Å²) in [5.41, 5.74) is 5.00. The van der Waals surface area contributed by atoms with Crippen molar-refractivity contribution in [1.82, 2.24) is 4.98 Å². The van der Waals surface area contributed by atoms with Crippen molar-refractivity contribution >= 4 is 24.1 Å².